The Morgan fingerprint density at radius 3 is 2.40 bits per heavy atom. The van der Waals surface area contributed by atoms with Gasteiger partial charge < -0.3 is 9.47 Å². The van der Waals surface area contributed by atoms with Gasteiger partial charge in [0, 0.05) is 6.92 Å². The van der Waals surface area contributed by atoms with E-state index >= 15 is 0 Å². The molecule has 56 valence electrons. The van der Waals surface area contributed by atoms with Crippen molar-refractivity contribution in [2.75, 3.05) is 7.11 Å². The van der Waals surface area contributed by atoms with E-state index in [0.717, 1.165) is 0 Å². The molecule has 0 N–H and O–H groups in total. The minimum Gasteiger partial charge on any atom is -0.504 e. The minimum atomic E-state index is -0.331. The maximum atomic E-state index is 10.1. The average Bonchev–Trinajstić information content (AvgIpc) is 1.87. The molecule has 0 aliphatic heterocycles. The molecule has 0 aliphatic rings. The van der Waals surface area contributed by atoms with Gasteiger partial charge in [0.15, 0.2) is 0 Å². The highest BCUT2D eigenvalue weighted by Gasteiger charge is 1.81. The van der Waals surface area contributed by atoms with Crippen LogP contribution in [0.2, 0.25) is 0 Å². The van der Waals surface area contributed by atoms with Crippen LogP contribution in [-0.4, -0.2) is 13.1 Å². The van der Waals surface area contributed by atoms with Gasteiger partial charge in [-0.25, -0.2) is 0 Å². The minimum absolute atomic E-state index is 0.331. The highest BCUT2D eigenvalue weighted by Crippen LogP contribution is 1.80. The number of carbonyl (C=O) groups is 1. The van der Waals surface area contributed by atoms with E-state index in [1.807, 2.05) is 0 Å². The molecular formula is C7H10O3. The highest BCUT2D eigenvalue weighted by atomic mass is 16.5. The molecule has 0 aromatic heterocycles. The third-order valence-corrected chi connectivity index (χ3v) is 0.638. The summed E-state index contributed by atoms with van der Waals surface area (Å²) in [5, 5.41) is 0. The predicted octanol–water partition coefficient (Wildman–Crippen LogP) is 1.22. The Balaban J connectivity index is 3.37. The van der Waals surface area contributed by atoms with E-state index in [0.29, 0.717) is 0 Å². The lowest BCUT2D eigenvalue weighted by atomic mass is 10.6. The van der Waals surface area contributed by atoms with Crippen molar-refractivity contribution < 1.29 is 14.3 Å². The number of rotatable bonds is 3. The molecule has 10 heavy (non-hydrogen) atoms. The van der Waals surface area contributed by atoms with Crippen molar-refractivity contribution in [2.24, 2.45) is 0 Å². The summed E-state index contributed by atoms with van der Waals surface area (Å²) in [6.07, 6.45) is 5.94. The van der Waals surface area contributed by atoms with E-state index in [9.17, 15) is 4.79 Å². The van der Waals surface area contributed by atoms with Crippen molar-refractivity contribution in [2.45, 2.75) is 6.92 Å². The van der Waals surface area contributed by atoms with Crippen LogP contribution in [0.15, 0.2) is 24.7 Å². The largest absolute Gasteiger partial charge is 0.504 e. The van der Waals surface area contributed by atoms with Gasteiger partial charge in [0.25, 0.3) is 0 Å². The molecule has 0 atom stereocenters. The topological polar surface area (TPSA) is 35.5 Å². The van der Waals surface area contributed by atoms with Gasteiger partial charge in [-0.1, -0.05) is 0 Å². The average molecular weight is 142 g/mol. The summed E-state index contributed by atoms with van der Waals surface area (Å²) in [6, 6.07) is 0. The summed E-state index contributed by atoms with van der Waals surface area (Å²) in [4.78, 5) is 10.1. The SMILES string of the molecule is CO/C=C\C=C/OC(C)=O. The zero-order valence-electron chi connectivity index (χ0n) is 6.03. The highest BCUT2D eigenvalue weighted by molar-refractivity contribution is 5.66. The number of ether oxygens (including phenoxy) is 2. The summed E-state index contributed by atoms with van der Waals surface area (Å²) in [7, 11) is 1.54. The summed E-state index contributed by atoms with van der Waals surface area (Å²) < 4.78 is 9.04. The number of esters is 1. The van der Waals surface area contributed by atoms with Crippen molar-refractivity contribution in [1.29, 1.82) is 0 Å². The van der Waals surface area contributed by atoms with Crippen molar-refractivity contribution >= 4 is 5.97 Å². The number of allylic oxidation sites excluding steroid dienone is 2. The van der Waals surface area contributed by atoms with Crippen molar-refractivity contribution in [1.82, 2.24) is 0 Å². The molecule has 0 radical (unpaired) electrons. The fourth-order valence-corrected chi connectivity index (χ4v) is 0.304. The Morgan fingerprint density at radius 1 is 1.30 bits per heavy atom. The first-order valence-electron chi connectivity index (χ1n) is 2.79. The smallest absolute Gasteiger partial charge is 0.307 e. The van der Waals surface area contributed by atoms with Crippen LogP contribution >= 0.6 is 0 Å². The van der Waals surface area contributed by atoms with Crippen LogP contribution in [0.5, 0.6) is 0 Å². The van der Waals surface area contributed by atoms with E-state index in [1.165, 1.54) is 26.6 Å². The van der Waals surface area contributed by atoms with Crippen LogP contribution in [0.3, 0.4) is 0 Å². The van der Waals surface area contributed by atoms with Gasteiger partial charge in [-0.15, -0.1) is 0 Å². The predicted molar refractivity (Wildman–Crippen MR) is 37.1 cm³/mol. The Labute approximate surface area is 59.9 Å². The van der Waals surface area contributed by atoms with E-state index in [4.69, 9.17) is 0 Å². The second-order valence-electron chi connectivity index (χ2n) is 1.50. The van der Waals surface area contributed by atoms with E-state index in [-0.39, 0.29) is 5.97 Å². The third kappa shape index (κ3) is 6.75. The first-order chi connectivity index (χ1) is 4.77. The first-order valence-corrected chi connectivity index (χ1v) is 2.79. The molecule has 0 saturated heterocycles. The molecule has 0 aliphatic carbocycles. The molecule has 0 spiro atoms. The van der Waals surface area contributed by atoms with Crippen LogP contribution in [0.1, 0.15) is 6.92 Å². The van der Waals surface area contributed by atoms with Gasteiger partial charge in [0.2, 0.25) is 0 Å². The van der Waals surface area contributed by atoms with Crippen LogP contribution in [0.4, 0.5) is 0 Å². The van der Waals surface area contributed by atoms with Crippen LogP contribution in [-0.2, 0) is 14.3 Å². The van der Waals surface area contributed by atoms with Gasteiger partial charge in [-0.2, -0.15) is 0 Å². The maximum absolute atomic E-state index is 10.1. The summed E-state index contributed by atoms with van der Waals surface area (Å²) in [5.74, 6) is -0.331. The van der Waals surface area contributed by atoms with E-state index in [1.54, 1.807) is 12.2 Å². The van der Waals surface area contributed by atoms with Crippen LogP contribution < -0.4 is 0 Å². The molecule has 0 aromatic carbocycles. The lowest BCUT2D eigenvalue weighted by Crippen LogP contribution is -1.88. The monoisotopic (exact) mass is 142 g/mol. The fourth-order valence-electron chi connectivity index (χ4n) is 0.304. The second-order valence-corrected chi connectivity index (χ2v) is 1.50. The zero-order valence-corrected chi connectivity index (χ0v) is 6.03. The number of carbonyl (C=O) groups excluding carboxylic acids is 1. The lowest BCUT2D eigenvalue weighted by molar-refractivity contribution is -0.135. The molecular weight excluding hydrogens is 132 g/mol. The lowest BCUT2D eigenvalue weighted by Gasteiger charge is -1.87. The van der Waals surface area contributed by atoms with Crippen LogP contribution in [0.25, 0.3) is 0 Å². The van der Waals surface area contributed by atoms with Crippen molar-refractivity contribution in [3.8, 4) is 0 Å². The number of hydrogen-bond acceptors (Lipinski definition) is 3. The molecule has 0 rings (SSSR count). The van der Waals surface area contributed by atoms with Gasteiger partial charge in [-0.3, -0.25) is 4.79 Å². The molecule has 3 heteroatoms. The Hall–Kier alpha value is -1.25. The second kappa shape index (κ2) is 5.88. The van der Waals surface area contributed by atoms with Gasteiger partial charge in [0.05, 0.1) is 19.6 Å². The molecule has 0 amide bonds. The fraction of sp³-hybridized carbons (Fsp3) is 0.286. The van der Waals surface area contributed by atoms with E-state index < -0.39 is 0 Å². The Kier molecular flexibility index (Phi) is 5.14. The maximum Gasteiger partial charge on any atom is 0.307 e. The van der Waals surface area contributed by atoms with Gasteiger partial charge >= 0.3 is 5.97 Å². The Bertz CT molecular complexity index is 147. The normalized spacial score (nSPS) is 10.6. The van der Waals surface area contributed by atoms with Gasteiger partial charge in [-0.05, 0) is 12.2 Å². The van der Waals surface area contributed by atoms with Gasteiger partial charge in [0.1, 0.15) is 0 Å². The molecule has 0 aromatic rings. The first kappa shape index (κ1) is 8.75. The molecule has 0 fully saturated rings. The van der Waals surface area contributed by atoms with Crippen molar-refractivity contribution in [3.05, 3.63) is 24.7 Å². The zero-order chi connectivity index (χ0) is 7.82. The molecule has 0 unspecified atom stereocenters. The standard InChI is InChI=1S/C7H10O3/c1-7(8)10-6-4-3-5-9-2/h3-6H,1-2H3/b5-3-,6-4-. The summed E-state index contributed by atoms with van der Waals surface area (Å²) >= 11 is 0. The molecule has 3 nitrogen and oxygen atoms in total. The quantitative estimate of drug-likeness (QED) is 0.337. The van der Waals surface area contributed by atoms with Crippen molar-refractivity contribution in [3.63, 3.8) is 0 Å². The summed E-state index contributed by atoms with van der Waals surface area (Å²) in [5.41, 5.74) is 0. The molecule has 0 saturated carbocycles. The number of hydrogen-bond donors (Lipinski definition) is 0. The van der Waals surface area contributed by atoms with E-state index in [2.05, 4.69) is 9.47 Å². The summed E-state index contributed by atoms with van der Waals surface area (Å²) in [6.45, 7) is 1.34. The van der Waals surface area contributed by atoms with Crippen LogP contribution in [0, 0.1) is 0 Å². The Morgan fingerprint density at radius 2 is 1.90 bits per heavy atom. The number of methoxy groups -OCH3 is 1. The molecule has 0 heterocycles. The molecule has 0 bridgehead atoms. The third-order valence-electron chi connectivity index (χ3n) is 0.638.